The Bertz CT molecular complexity index is 396. The second-order valence-electron chi connectivity index (χ2n) is 9.56. The molecule has 1 saturated heterocycles. The van der Waals surface area contributed by atoms with Crippen molar-refractivity contribution in [2.24, 2.45) is 0 Å². The van der Waals surface area contributed by atoms with E-state index in [-0.39, 0.29) is 12.4 Å². The van der Waals surface area contributed by atoms with Gasteiger partial charge in [-0.1, -0.05) is 96.8 Å². The van der Waals surface area contributed by atoms with Gasteiger partial charge >= 0.3 is 0 Å². The van der Waals surface area contributed by atoms with E-state index in [4.69, 9.17) is 0 Å². The van der Waals surface area contributed by atoms with Crippen LogP contribution in [-0.4, -0.2) is 54.1 Å². The first-order valence-corrected chi connectivity index (χ1v) is 13.3. The first kappa shape index (κ1) is 27.6. The van der Waals surface area contributed by atoms with Crippen LogP contribution in [0.3, 0.4) is 0 Å². The van der Waals surface area contributed by atoms with Gasteiger partial charge in [-0.25, -0.2) is 0 Å². The molecule has 2 aliphatic rings. The van der Waals surface area contributed by atoms with Crippen LogP contribution in [0.5, 0.6) is 0 Å². The fourth-order valence-electron chi connectivity index (χ4n) is 4.77. The molecular weight excluding hydrogens is 390 g/mol. The lowest BCUT2D eigenvalue weighted by atomic mass is 10.0. The molecule has 3 nitrogen and oxygen atoms in total. The second-order valence-corrected chi connectivity index (χ2v) is 9.56. The molecule has 2 heterocycles. The number of halogens is 1. The topological polar surface area (TPSA) is 9.72 Å². The van der Waals surface area contributed by atoms with Crippen LogP contribution >= 0.6 is 12.4 Å². The Hall–Kier alpha value is -0.410. The molecule has 0 saturated carbocycles. The van der Waals surface area contributed by atoms with Crippen molar-refractivity contribution in [3.63, 3.8) is 0 Å². The van der Waals surface area contributed by atoms with Crippen molar-refractivity contribution in [2.45, 2.75) is 116 Å². The predicted molar refractivity (Wildman–Crippen MR) is 135 cm³/mol. The zero-order valence-electron chi connectivity index (χ0n) is 20.2. The van der Waals surface area contributed by atoms with Crippen LogP contribution in [0.25, 0.3) is 0 Å². The molecule has 178 valence electrons. The van der Waals surface area contributed by atoms with Gasteiger partial charge < -0.3 is 14.7 Å². The van der Waals surface area contributed by atoms with Gasteiger partial charge in [0.25, 0.3) is 0 Å². The number of rotatable bonds is 18. The monoisotopic (exact) mass is 441 g/mol. The maximum Gasteiger partial charge on any atom is 0.0894 e. The number of likely N-dealkylation sites (tertiary alicyclic amines) is 1. The molecule has 0 unspecified atom stereocenters. The highest BCUT2D eigenvalue weighted by molar-refractivity contribution is 5.85. The van der Waals surface area contributed by atoms with Gasteiger partial charge in [0.1, 0.15) is 0 Å². The Morgan fingerprint density at radius 3 is 1.53 bits per heavy atom. The zero-order chi connectivity index (χ0) is 20.4. The van der Waals surface area contributed by atoms with Crippen LogP contribution in [0.4, 0.5) is 0 Å². The second kappa shape index (κ2) is 19.3. The molecule has 0 aliphatic carbocycles. The molecule has 4 heteroatoms. The highest BCUT2D eigenvalue weighted by Crippen LogP contribution is 2.14. The van der Waals surface area contributed by atoms with E-state index in [2.05, 4.69) is 34.0 Å². The van der Waals surface area contributed by atoms with Crippen LogP contribution in [-0.2, 0) is 0 Å². The lowest BCUT2D eigenvalue weighted by Gasteiger charge is -2.29. The average Bonchev–Trinajstić information content (AvgIpc) is 3.21. The first-order valence-electron chi connectivity index (χ1n) is 13.3. The van der Waals surface area contributed by atoms with E-state index >= 15 is 0 Å². The van der Waals surface area contributed by atoms with Gasteiger partial charge in [-0.05, 0) is 32.4 Å². The van der Waals surface area contributed by atoms with E-state index in [9.17, 15) is 0 Å². The van der Waals surface area contributed by atoms with E-state index < -0.39 is 0 Å². The van der Waals surface area contributed by atoms with E-state index in [1.807, 2.05) is 0 Å². The van der Waals surface area contributed by atoms with Crippen LogP contribution in [0.1, 0.15) is 116 Å². The molecule has 0 aromatic carbocycles. The summed E-state index contributed by atoms with van der Waals surface area (Å²) in [6.45, 7) is 9.75. The standard InChI is InChI=1S/C26H51N3.ClH/c1-2-3-4-5-6-7-8-9-10-11-12-13-14-16-21-28-24-25-29(26-28)23-22-27-19-17-15-18-20-27;/h24-25H,2-23,26H2,1H3;1H. The summed E-state index contributed by atoms with van der Waals surface area (Å²) in [5, 5.41) is 0. The van der Waals surface area contributed by atoms with Crippen molar-refractivity contribution in [1.82, 2.24) is 14.7 Å². The Labute approximate surface area is 195 Å². The lowest BCUT2D eigenvalue weighted by molar-refractivity contribution is 0.188. The largest absolute Gasteiger partial charge is 0.359 e. The smallest absolute Gasteiger partial charge is 0.0894 e. The van der Waals surface area contributed by atoms with Crippen LogP contribution in [0.15, 0.2) is 12.4 Å². The number of hydrogen-bond donors (Lipinski definition) is 0. The molecule has 30 heavy (non-hydrogen) atoms. The Morgan fingerprint density at radius 1 is 0.533 bits per heavy atom. The van der Waals surface area contributed by atoms with Crippen LogP contribution in [0.2, 0.25) is 0 Å². The summed E-state index contributed by atoms with van der Waals surface area (Å²) in [5.74, 6) is 0. The number of hydrogen-bond acceptors (Lipinski definition) is 3. The van der Waals surface area contributed by atoms with Gasteiger partial charge in [0.2, 0.25) is 0 Å². The quantitative estimate of drug-likeness (QED) is 0.205. The molecule has 0 atom stereocenters. The highest BCUT2D eigenvalue weighted by atomic mass is 35.5. The summed E-state index contributed by atoms with van der Waals surface area (Å²) in [6, 6.07) is 0. The third-order valence-corrected chi connectivity index (χ3v) is 6.80. The fourth-order valence-corrected chi connectivity index (χ4v) is 4.77. The minimum absolute atomic E-state index is 0. The molecule has 0 bridgehead atoms. The van der Waals surface area contributed by atoms with Crippen molar-refractivity contribution in [3.8, 4) is 0 Å². The van der Waals surface area contributed by atoms with E-state index in [1.54, 1.807) is 0 Å². The molecular formula is C26H52ClN3. The zero-order valence-corrected chi connectivity index (χ0v) is 21.0. The van der Waals surface area contributed by atoms with Gasteiger partial charge in [0.15, 0.2) is 0 Å². The van der Waals surface area contributed by atoms with Crippen molar-refractivity contribution >= 4 is 12.4 Å². The molecule has 0 spiro atoms. The number of piperidine rings is 1. The SMILES string of the molecule is CCCCCCCCCCCCCCCCN1C=CN(CCN2CCCCC2)C1.Cl. The van der Waals surface area contributed by atoms with Crippen molar-refractivity contribution in [1.29, 1.82) is 0 Å². The molecule has 0 aromatic rings. The van der Waals surface area contributed by atoms with Crippen molar-refractivity contribution in [3.05, 3.63) is 12.4 Å². The van der Waals surface area contributed by atoms with Crippen molar-refractivity contribution in [2.75, 3.05) is 39.4 Å². The Balaban J connectivity index is 0.00000450. The number of unbranched alkanes of at least 4 members (excludes halogenated alkanes) is 13. The van der Waals surface area contributed by atoms with Gasteiger partial charge in [-0.15, -0.1) is 12.4 Å². The van der Waals surface area contributed by atoms with Crippen molar-refractivity contribution < 1.29 is 0 Å². The van der Waals surface area contributed by atoms with Crippen LogP contribution in [0, 0.1) is 0 Å². The average molecular weight is 442 g/mol. The van der Waals surface area contributed by atoms with E-state index in [0.29, 0.717) is 0 Å². The van der Waals surface area contributed by atoms with Gasteiger partial charge in [0, 0.05) is 32.0 Å². The maximum absolute atomic E-state index is 2.65. The fraction of sp³-hybridized carbons (Fsp3) is 0.923. The Kier molecular flexibility index (Phi) is 17.8. The minimum Gasteiger partial charge on any atom is -0.359 e. The summed E-state index contributed by atoms with van der Waals surface area (Å²) in [4.78, 5) is 7.66. The molecule has 2 rings (SSSR count). The first-order chi connectivity index (χ1) is 14.4. The maximum atomic E-state index is 2.65. The highest BCUT2D eigenvalue weighted by Gasteiger charge is 2.14. The Morgan fingerprint density at radius 2 is 1.00 bits per heavy atom. The molecule has 2 aliphatic heterocycles. The summed E-state index contributed by atoms with van der Waals surface area (Å²) < 4.78 is 0. The van der Waals surface area contributed by atoms with E-state index in [1.165, 1.54) is 142 Å². The van der Waals surface area contributed by atoms with Crippen LogP contribution < -0.4 is 0 Å². The van der Waals surface area contributed by atoms with Gasteiger partial charge in [-0.3, -0.25) is 0 Å². The van der Waals surface area contributed by atoms with Gasteiger partial charge in [-0.2, -0.15) is 0 Å². The number of nitrogens with zero attached hydrogens (tertiary/aromatic N) is 3. The molecule has 0 N–H and O–H groups in total. The third kappa shape index (κ3) is 13.8. The predicted octanol–water partition coefficient (Wildman–Crippen LogP) is 7.42. The molecule has 0 radical (unpaired) electrons. The summed E-state index contributed by atoms with van der Waals surface area (Å²) in [5.41, 5.74) is 0. The normalized spacial score (nSPS) is 17.0. The molecule has 0 amide bonds. The molecule has 1 fully saturated rings. The van der Waals surface area contributed by atoms with Gasteiger partial charge in [0.05, 0.1) is 6.67 Å². The third-order valence-electron chi connectivity index (χ3n) is 6.80. The summed E-state index contributed by atoms with van der Waals surface area (Å²) >= 11 is 0. The summed E-state index contributed by atoms with van der Waals surface area (Å²) in [6.07, 6.45) is 29.1. The van der Waals surface area contributed by atoms with E-state index in [0.717, 1.165) is 6.67 Å². The minimum atomic E-state index is 0. The molecule has 0 aromatic heterocycles. The lowest BCUT2D eigenvalue weighted by Crippen LogP contribution is -2.37. The summed E-state index contributed by atoms with van der Waals surface area (Å²) in [7, 11) is 0.